The molecular formula is C23H36Cl2N6O2. The lowest BCUT2D eigenvalue weighted by atomic mass is 9.90. The summed E-state index contributed by atoms with van der Waals surface area (Å²) in [6.45, 7) is 7.97. The van der Waals surface area contributed by atoms with Crippen molar-refractivity contribution < 1.29 is 9.53 Å². The van der Waals surface area contributed by atoms with Crippen LogP contribution in [0.4, 0.5) is 5.82 Å². The van der Waals surface area contributed by atoms with E-state index >= 15 is 0 Å². The fourth-order valence-corrected chi connectivity index (χ4v) is 4.14. The van der Waals surface area contributed by atoms with Crippen LogP contribution in [0.15, 0.2) is 18.2 Å². The van der Waals surface area contributed by atoms with E-state index in [0.717, 1.165) is 42.1 Å². The molecule has 1 aliphatic rings. The highest BCUT2D eigenvalue weighted by molar-refractivity contribution is 5.97. The molecule has 3 rings (SSSR count). The molecule has 0 radical (unpaired) electrons. The van der Waals surface area contributed by atoms with E-state index in [1.165, 1.54) is 0 Å². The predicted octanol–water partition coefficient (Wildman–Crippen LogP) is 4.25. The number of carbonyl (C=O) groups excluding carboxylic acids is 1. The number of hydrogen-bond acceptors (Lipinski definition) is 6. The number of rotatable bonds is 7. The number of aromatic nitrogens is 2. The van der Waals surface area contributed by atoms with Crippen molar-refractivity contribution in [3.8, 4) is 0 Å². The maximum Gasteiger partial charge on any atom is 0.289 e. The van der Waals surface area contributed by atoms with Crippen molar-refractivity contribution in [1.29, 1.82) is 5.41 Å². The molecule has 1 amide bonds. The molecule has 0 saturated heterocycles. The standard InChI is InChI=1S/C23H34N6O2.2ClH/c1-14-10-11-17-16(12-14)20(27-19-9-7-6-8-18(19)25-15(2)24)28-21(26-17)22(30)29-23(3,4)13-31-5;;/h10-12,18-19H,6-9,13H2,1-5H3,(H2,24,25)(H,29,30)(H,26,27,28);2*1H/t18-,19+;;/m1../s1. The van der Waals surface area contributed by atoms with Crippen molar-refractivity contribution in [3.05, 3.63) is 29.6 Å². The van der Waals surface area contributed by atoms with Crippen LogP contribution in [0.1, 0.15) is 62.6 Å². The van der Waals surface area contributed by atoms with Crippen LogP contribution in [0.2, 0.25) is 0 Å². The number of halogens is 2. The van der Waals surface area contributed by atoms with Gasteiger partial charge in [-0.25, -0.2) is 9.97 Å². The number of benzene rings is 1. The summed E-state index contributed by atoms with van der Waals surface area (Å²) < 4.78 is 5.20. The van der Waals surface area contributed by atoms with Crippen LogP contribution in [0.3, 0.4) is 0 Å². The summed E-state index contributed by atoms with van der Waals surface area (Å²) in [6.07, 6.45) is 4.22. The fraction of sp³-hybridized carbons (Fsp3) is 0.565. The molecule has 2 aromatic rings. The van der Waals surface area contributed by atoms with Gasteiger partial charge in [-0.15, -0.1) is 24.8 Å². The smallest absolute Gasteiger partial charge is 0.289 e. The summed E-state index contributed by atoms with van der Waals surface area (Å²) in [5, 5.41) is 18.5. The Labute approximate surface area is 208 Å². The lowest BCUT2D eigenvalue weighted by Gasteiger charge is -2.33. The average molecular weight is 499 g/mol. The zero-order chi connectivity index (χ0) is 22.6. The number of aryl methyl sites for hydroxylation is 1. The van der Waals surface area contributed by atoms with Crippen LogP contribution < -0.4 is 16.0 Å². The first-order valence-electron chi connectivity index (χ1n) is 10.9. The predicted molar refractivity (Wildman–Crippen MR) is 138 cm³/mol. The van der Waals surface area contributed by atoms with Gasteiger partial charge in [0.1, 0.15) is 5.82 Å². The molecule has 10 heteroatoms. The van der Waals surface area contributed by atoms with Gasteiger partial charge in [-0.2, -0.15) is 0 Å². The quantitative estimate of drug-likeness (QED) is 0.335. The van der Waals surface area contributed by atoms with E-state index in [-0.39, 0.29) is 48.6 Å². The van der Waals surface area contributed by atoms with Crippen molar-refractivity contribution >= 4 is 53.3 Å². The molecule has 184 valence electrons. The van der Waals surface area contributed by atoms with Gasteiger partial charge >= 0.3 is 0 Å². The van der Waals surface area contributed by atoms with Crippen LogP contribution >= 0.6 is 24.8 Å². The Kier molecular flexibility index (Phi) is 10.8. The lowest BCUT2D eigenvalue weighted by Crippen LogP contribution is -2.48. The Bertz CT molecular complexity index is 969. The molecule has 0 bridgehead atoms. The maximum absolute atomic E-state index is 12.9. The molecular weight excluding hydrogens is 463 g/mol. The van der Waals surface area contributed by atoms with E-state index in [1.807, 2.05) is 39.0 Å². The molecule has 0 spiro atoms. The van der Waals surface area contributed by atoms with Gasteiger partial charge in [0.2, 0.25) is 5.82 Å². The minimum atomic E-state index is -0.537. The molecule has 1 saturated carbocycles. The number of ether oxygens (including phenoxy) is 1. The minimum absolute atomic E-state index is 0. The average Bonchev–Trinajstić information content (AvgIpc) is 2.68. The first kappa shape index (κ1) is 28.9. The summed E-state index contributed by atoms with van der Waals surface area (Å²) in [5.41, 5.74) is 1.29. The van der Waals surface area contributed by atoms with Gasteiger partial charge in [0.05, 0.1) is 23.5 Å². The number of anilines is 1. The highest BCUT2D eigenvalue weighted by Gasteiger charge is 2.27. The number of carbonyl (C=O) groups is 1. The SMILES string of the molecule is COCC(C)(C)NC(=O)c1nc(N[C@H]2CCCC[C@H]2NC(C)=N)c2cc(C)ccc2n1.Cl.Cl. The first-order chi connectivity index (χ1) is 14.7. The molecule has 33 heavy (non-hydrogen) atoms. The van der Waals surface area contributed by atoms with Crippen LogP contribution in [0.25, 0.3) is 10.9 Å². The molecule has 1 aromatic heterocycles. The highest BCUT2D eigenvalue weighted by Crippen LogP contribution is 2.27. The first-order valence-corrected chi connectivity index (χ1v) is 10.9. The van der Waals surface area contributed by atoms with Gasteiger partial charge in [-0.1, -0.05) is 24.5 Å². The third-order valence-electron chi connectivity index (χ3n) is 5.50. The Morgan fingerprint density at radius 2 is 1.85 bits per heavy atom. The molecule has 4 N–H and O–H groups in total. The van der Waals surface area contributed by atoms with Gasteiger partial charge in [0, 0.05) is 24.6 Å². The number of nitrogens with zero attached hydrogens (tertiary/aromatic N) is 2. The zero-order valence-corrected chi connectivity index (χ0v) is 21.6. The van der Waals surface area contributed by atoms with Gasteiger partial charge in [-0.05, 0) is 52.7 Å². The monoisotopic (exact) mass is 498 g/mol. The van der Waals surface area contributed by atoms with Gasteiger partial charge < -0.3 is 20.7 Å². The van der Waals surface area contributed by atoms with Crippen molar-refractivity contribution in [3.63, 3.8) is 0 Å². The van der Waals surface area contributed by atoms with Gasteiger partial charge in [0.15, 0.2) is 0 Å². The third-order valence-corrected chi connectivity index (χ3v) is 5.50. The second kappa shape index (κ2) is 12.3. The zero-order valence-electron chi connectivity index (χ0n) is 19.9. The molecule has 2 atom stereocenters. The Hall–Kier alpha value is -2.16. The second-order valence-electron chi connectivity index (χ2n) is 9.10. The Morgan fingerprint density at radius 3 is 2.48 bits per heavy atom. The van der Waals surface area contributed by atoms with Crippen LogP contribution in [0.5, 0.6) is 0 Å². The minimum Gasteiger partial charge on any atom is -0.382 e. The molecule has 1 aliphatic carbocycles. The van der Waals surface area contributed by atoms with Crippen LogP contribution in [-0.2, 0) is 4.74 Å². The van der Waals surface area contributed by atoms with Crippen LogP contribution in [-0.4, -0.2) is 53.1 Å². The molecule has 0 unspecified atom stereocenters. The second-order valence-corrected chi connectivity index (χ2v) is 9.10. The Balaban J connectivity index is 0.00000272. The number of fused-ring (bicyclic) bond motifs is 1. The van der Waals surface area contributed by atoms with Crippen molar-refractivity contribution in [2.45, 2.75) is 71.0 Å². The topological polar surface area (TPSA) is 112 Å². The van der Waals surface area contributed by atoms with E-state index < -0.39 is 5.54 Å². The van der Waals surface area contributed by atoms with E-state index in [2.05, 4.69) is 25.9 Å². The van der Waals surface area contributed by atoms with Crippen LogP contribution in [0, 0.1) is 12.3 Å². The molecule has 8 nitrogen and oxygen atoms in total. The number of hydrogen-bond donors (Lipinski definition) is 4. The Morgan fingerprint density at radius 1 is 1.18 bits per heavy atom. The van der Waals surface area contributed by atoms with E-state index in [9.17, 15) is 4.79 Å². The summed E-state index contributed by atoms with van der Waals surface area (Å²) in [4.78, 5) is 22.1. The lowest BCUT2D eigenvalue weighted by molar-refractivity contribution is 0.0810. The normalized spacial score (nSPS) is 18.0. The van der Waals surface area contributed by atoms with Crippen molar-refractivity contribution in [2.24, 2.45) is 0 Å². The molecule has 0 aliphatic heterocycles. The number of nitrogens with one attached hydrogen (secondary N) is 4. The van der Waals surface area contributed by atoms with Crippen molar-refractivity contribution in [1.82, 2.24) is 20.6 Å². The largest absolute Gasteiger partial charge is 0.382 e. The number of amidine groups is 1. The van der Waals surface area contributed by atoms with E-state index in [1.54, 1.807) is 14.0 Å². The third kappa shape index (κ3) is 7.69. The summed E-state index contributed by atoms with van der Waals surface area (Å²) in [6, 6.07) is 6.22. The summed E-state index contributed by atoms with van der Waals surface area (Å²) in [7, 11) is 1.61. The molecule has 1 fully saturated rings. The number of amides is 1. The van der Waals surface area contributed by atoms with Gasteiger partial charge in [0.25, 0.3) is 5.91 Å². The highest BCUT2D eigenvalue weighted by atomic mass is 35.5. The molecule has 1 aromatic carbocycles. The molecule has 1 heterocycles. The fourth-order valence-electron chi connectivity index (χ4n) is 4.14. The van der Waals surface area contributed by atoms with Gasteiger partial charge in [-0.3, -0.25) is 10.2 Å². The summed E-state index contributed by atoms with van der Waals surface area (Å²) in [5.74, 6) is 0.917. The van der Waals surface area contributed by atoms with Crippen molar-refractivity contribution in [2.75, 3.05) is 19.0 Å². The van der Waals surface area contributed by atoms with E-state index in [4.69, 9.17) is 10.1 Å². The maximum atomic E-state index is 12.9. The summed E-state index contributed by atoms with van der Waals surface area (Å²) >= 11 is 0. The number of methoxy groups -OCH3 is 1. The van der Waals surface area contributed by atoms with E-state index in [0.29, 0.717) is 18.3 Å².